The van der Waals surface area contributed by atoms with Crippen LogP contribution in [0.3, 0.4) is 0 Å². The van der Waals surface area contributed by atoms with E-state index < -0.39 is 7.60 Å². The van der Waals surface area contributed by atoms with Crippen LogP contribution in [0.15, 0.2) is 12.1 Å². The molecule has 4 nitrogen and oxygen atoms in total. The SMILES string of the molecule is CCCCOP(=O)(O)Cc1cc(C(C)(C)C)c(O)c(C(C)(C)C)c1.[Zn]. The van der Waals surface area contributed by atoms with E-state index in [4.69, 9.17) is 4.52 Å². The minimum absolute atomic E-state index is 0. The Kier molecular flexibility index (Phi) is 9.06. The van der Waals surface area contributed by atoms with Gasteiger partial charge in [-0.05, 0) is 33.9 Å². The Hall–Kier alpha value is -0.207. The number of hydrogen-bond acceptors (Lipinski definition) is 3. The van der Waals surface area contributed by atoms with E-state index in [9.17, 15) is 14.6 Å². The fourth-order valence-corrected chi connectivity index (χ4v) is 3.71. The molecule has 2 N–H and O–H groups in total. The van der Waals surface area contributed by atoms with Gasteiger partial charge in [0.25, 0.3) is 0 Å². The van der Waals surface area contributed by atoms with Crippen molar-refractivity contribution < 1.29 is 38.6 Å². The van der Waals surface area contributed by atoms with E-state index in [-0.39, 0.29) is 42.2 Å². The van der Waals surface area contributed by atoms with E-state index >= 15 is 0 Å². The Morgan fingerprint density at radius 1 is 1.04 bits per heavy atom. The Bertz CT molecular complexity index is 580. The van der Waals surface area contributed by atoms with Crippen molar-refractivity contribution in [2.45, 2.75) is 78.3 Å². The minimum atomic E-state index is -3.69. The van der Waals surface area contributed by atoms with Gasteiger partial charge in [0, 0.05) is 19.5 Å². The van der Waals surface area contributed by atoms with Crippen LogP contribution < -0.4 is 0 Å². The molecule has 0 aliphatic rings. The summed E-state index contributed by atoms with van der Waals surface area (Å²) in [4.78, 5) is 10.1. The maximum atomic E-state index is 12.3. The van der Waals surface area contributed by atoms with Crippen molar-refractivity contribution in [3.63, 3.8) is 0 Å². The molecule has 0 aromatic heterocycles. The summed E-state index contributed by atoms with van der Waals surface area (Å²) in [5.41, 5.74) is 1.78. The monoisotopic (exact) mass is 420 g/mol. The number of benzene rings is 1. The average molecular weight is 422 g/mol. The minimum Gasteiger partial charge on any atom is -0.507 e. The Morgan fingerprint density at radius 2 is 1.48 bits per heavy atom. The molecule has 1 aromatic rings. The van der Waals surface area contributed by atoms with Crippen LogP contribution in [0.2, 0.25) is 0 Å². The molecule has 0 heterocycles. The van der Waals surface area contributed by atoms with Crippen molar-refractivity contribution in [1.29, 1.82) is 0 Å². The number of unbranched alkanes of at least 4 members (excludes halogenated alkanes) is 1. The van der Waals surface area contributed by atoms with E-state index in [1.165, 1.54) is 0 Å². The molecule has 0 radical (unpaired) electrons. The van der Waals surface area contributed by atoms with Gasteiger partial charge in [-0.1, -0.05) is 67.0 Å². The van der Waals surface area contributed by atoms with Crippen molar-refractivity contribution in [2.75, 3.05) is 6.61 Å². The van der Waals surface area contributed by atoms with Crippen LogP contribution in [0, 0.1) is 0 Å². The molecular weight excluding hydrogens is 389 g/mol. The number of aromatic hydroxyl groups is 1. The van der Waals surface area contributed by atoms with Gasteiger partial charge in [-0.2, -0.15) is 0 Å². The zero-order valence-electron chi connectivity index (χ0n) is 16.8. The molecule has 0 bridgehead atoms. The molecule has 1 rings (SSSR count). The summed E-state index contributed by atoms with van der Waals surface area (Å²) in [7, 11) is -3.69. The third-order valence-electron chi connectivity index (χ3n) is 3.96. The Labute approximate surface area is 165 Å². The number of rotatable bonds is 6. The van der Waals surface area contributed by atoms with E-state index in [2.05, 4.69) is 0 Å². The van der Waals surface area contributed by atoms with Crippen LogP contribution in [0.25, 0.3) is 0 Å². The normalized spacial score (nSPS) is 14.7. The molecule has 6 heteroatoms. The van der Waals surface area contributed by atoms with Gasteiger partial charge in [-0.25, -0.2) is 0 Å². The van der Waals surface area contributed by atoms with Gasteiger partial charge in [-0.3, -0.25) is 4.57 Å². The fourth-order valence-electron chi connectivity index (χ4n) is 2.56. The molecule has 0 fully saturated rings. The molecule has 140 valence electrons. The summed E-state index contributed by atoms with van der Waals surface area (Å²) in [6.07, 6.45) is 1.64. The first-order valence-corrected chi connectivity index (χ1v) is 10.4. The van der Waals surface area contributed by atoms with Gasteiger partial charge in [0.05, 0.1) is 12.8 Å². The molecule has 1 aromatic carbocycles. The predicted octanol–water partition coefficient (Wildman–Crippen LogP) is 5.49. The third kappa shape index (κ3) is 7.51. The smallest absolute Gasteiger partial charge is 0.332 e. The summed E-state index contributed by atoms with van der Waals surface area (Å²) in [6.45, 7) is 14.4. The summed E-state index contributed by atoms with van der Waals surface area (Å²) in [5.74, 6) is 0.276. The predicted molar refractivity (Wildman–Crippen MR) is 99.9 cm³/mol. The standard InChI is InChI=1S/C19H33O4P.Zn/c1-8-9-10-23-24(21,22)13-14-11-15(18(2,3)4)17(20)16(12-14)19(5,6)7;/h11-12,20H,8-10,13H2,1-7H3,(H,21,22);. The Balaban J connectivity index is 0.00000576. The molecule has 1 unspecified atom stereocenters. The fraction of sp³-hybridized carbons (Fsp3) is 0.684. The third-order valence-corrected chi connectivity index (χ3v) is 5.31. The molecule has 25 heavy (non-hydrogen) atoms. The van der Waals surface area contributed by atoms with Crippen LogP contribution in [-0.4, -0.2) is 16.6 Å². The number of phenolic OH excluding ortho intramolecular Hbond substituents is 1. The summed E-state index contributed by atoms with van der Waals surface area (Å²) in [6, 6.07) is 3.66. The molecule has 0 saturated heterocycles. The average Bonchev–Trinajstić information content (AvgIpc) is 2.37. The molecule has 0 spiro atoms. The molecule has 0 saturated carbocycles. The largest absolute Gasteiger partial charge is 0.507 e. The topological polar surface area (TPSA) is 66.8 Å². The van der Waals surface area contributed by atoms with E-state index in [0.717, 1.165) is 29.5 Å². The van der Waals surface area contributed by atoms with Crippen LogP contribution in [0.5, 0.6) is 5.75 Å². The molecule has 0 aliphatic heterocycles. The van der Waals surface area contributed by atoms with Crippen molar-refractivity contribution in [1.82, 2.24) is 0 Å². The van der Waals surface area contributed by atoms with Crippen LogP contribution in [0.4, 0.5) is 0 Å². The number of hydrogen-bond donors (Lipinski definition) is 2. The first kappa shape index (κ1) is 24.8. The van der Waals surface area contributed by atoms with Crippen molar-refractivity contribution in [3.8, 4) is 5.75 Å². The van der Waals surface area contributed by atoms with Crippen LogP contribution in [0.1, 0.15) is 78.0 Å². The van der Waals surface area contributed by atoms with Gasteiger partial charge < -0.3 is 14.5 Å². The Morgan fingerprint density at radius 3 is 1.84 bits per heavy atom. The summed E-state index contributed by atoms with van der Waals surface area (Å²) >= 11 is 0. The molecule has 0 amide bonds. The van der Waals surface area contributed by atoms with Gasteiger partial charge in [0.15, 0.2) is 0 Å². The van der Waals surface area contributed by atoms with E-state index in [1.54, 1.807) is 0 Å². The second-order valence-corrected chi connectivity index (χ2v) is 10.4. The van der Waals surface area contributed by atoms with Crippen molar-refractivity contribution >= 4 is 7.60 Å². The van der Waals surface area contributed by atoms with Crippen molar-refractivity contribution in [2.24, 2.45) is 0 Å². The van der Waals surface area contributed by atoms with Crippen LogP contribution in [-0.2, 0) is 45.6 Å². The first-order chi connectivity index (χ1) is 10.8. The zero-order valence-corrected chi connectivity index (χ0v) is 20.7. The maximum Gasteiger partial charge on any atom is 0.332 e. The van der Waals surface area contributed by atoms with Gasteiger partial charge in [0.1, 0.15) is 5.75 Å². The molecular formula is C19H33O4PZn. The van der Waals surface area contributed by atoms with E-state index in [1.807, 2.05) is 60.6 Å². The number of phenols is 1. The van der Waals surface area contributed by atoms with E-state index in [0.29, 0.717) is 6.61 Å². The van der Waals surface area contributed by atoms with Gasteiger partial charge >= 0.3 is 7.60 Å². The molecule has 1 atom stereocenters. The van der Waals surface area contributed by atoms with Crippen molar-refractivity contribution in [3.05, 3.63) is 28.8 Å². The maximum absolute atomic E-state index is 12.3. The van der Waals surface area contributed by atoms with Gasteiger partial charge in [-0.15, -0.1) is 0 Å². The quantitative estimate of drug-likeness (QED) is 0.362. The van der Waals surface area contributed by atoms with Gasteiger partial charge in [0.2, 0.25) is 0 Å². The van der Waals surface area contributed by atoms with Crippen LogP contribution >= 0.6 is 7.60 Å². The second-order valence-electron chi connectivity index (χ2n) is 8.52. The second kappa shape index (κ2) is 9.13. The first-order valence-electron chi connectivity index (χ1n) is 8.61. The summed E-state index contributed by atoms with van der Waals surface area (Å²) in [5, 5.41) is 10.7. The summed E-state index contributed by atoms with van der Waals surface area (Å²) < 4.78 is 17.5. The zero-order chi connectivity index (χ0) is 18.8. The molecule has 0 aliphatic carbocycles.